The lowest BCUT2D eigenvalue weighted by Crippen LogP contribution is -2.30. The van der Waals surface area contributed by atoms with Crippen LogP contribution < -0.4 is 0 Å². The molecule has 0 N–H and O–H groups in total. The molecule has 6 nitrogen and oxygen atoms in total. The third-order valence-corrected chi connectivity index (χ3v) is 11.2. The van der Waals surface area contributed by atoms with Crippen LogP contribution in [0.15, 0.2) is 0 Å². The monoisotopic (exact) mass is 793 g/mol. The maximum Gasteiger partial charge on any atom is 0.306 e. The Kier molecular flexibility index (Phi) is 41.8. The van der Waals surface area contributed by atoms with Crippen molar-refractivity contribution in [2.24, 2.45) is 11.8 Å². The van der Waals surface area contributed by atoms with Crippen molar-refractivity contribution in [2.45, 2.75) is 278 Å². The van der Waals surface area contributed by atoms with E-state index in [1.165, 1.54) is 161 Å². The van der Waals surface area contributed by atoms with Crippen molar-refractivity contribution in [1.82, 2.24) is 0 Å². The first-order valence-electron chi connectivity index (χ1n) is 24.7. The van der Waals surface area contributed by atoms with Gasteiger partial charge in [0.25, 0.3) is 0 Å². The highest BCUT2D eigenvalue weighted by atomic mass is 16.6. The first-order valence-corrected chi connectivity index (χ1v) is 24.7. The van der Waals surface area contributed by atoms with Crippen LogP contribution in [0.4, 0.5) is 0 Å². The molecule has 0 aromatic rings. The van der Waals surface area contributed by atoms with E-state index in [0.717, 1.165) is 69.6 Å². The first-order chi connectivity index (χ1) is 27.2. The van der Waals surface area contributed by atoms with Gasteiger partial charge in [0.15, 0.2) is 6.10 Å². The van der Waals surface area contributed by atoms with Gasteiger partial charge >= 0.3 is 17.9 Å². The fourth-order valence-corrected chi connectivity index (χ4v) is 7.46. The molecule has 56 heavy (non-hydrogen) atoms. The highest BCUT2D eigenvalue weighted by molar-refractivity contribution is 5.71. The fourth-order valence-electron chi connectivity index (χ4n) is 7.46. The van der Waals surface area contributed by atoms with Gasteiger partial charge in [0, 0.05) is 19.3 Å². The second kappa shape index (κ2) is 43.0. The Balaban J connectivity index is 4.30. The molecule has 0 rings (SSSR count). The van der Waals surface area contributed by atoms with E-state index < -0.39 is 6.10 Å². The molecule has 332 valence electrons. The van der Waals surface area contributed by atoms with Gasteiger partial charge < -0.3 is 14.2 Å². The number of carbonyl (C=O) groups excluding carboxylic acids is 3. The molecule has 0 unspecified atom stereocenters. The SMILES string of the molecule is CCCCCCCCCCCCCCC(=O)OC[C@H](COC(=O)CCCCCCCCCC(C)C)OC(=O)CCCCCCCCCCCCCCCC(C)C. The van der Waals surface area contributed by atoms with Gasteiger partial charge in [0.05, 0.1) is 0 Å². The van der Waals surface area contributed by atoms with E-state index in [9.17, 15) is 14.4 Å². The Hall–Kier alpha value is -1.59. The Labute approximate surface area is 348 Å². The Morgan fingerprint density at radius 3 is 0.875 bits per heavy atom. The average molecular weight is 793 g/mol. The number of hydrogen-bond acceptors (Lipinski definition) is 6. The van der Waals surface area contributed by atoms with E-state index in [-0.39, 0.29) is 31.1 Å². The summed E-state index contributed by atoms with van der Waals surface area (Å²) in [5, 5.41) is 0. The molecule has 1 atom stereocenters. The summed E-state index contributed by atoms with van der Waals surface area (Å²) in [5.41, 5.74) is 0. The van der Waals surface area contributed by atoms with Crippen molar-refractivity contribution < 1.29 is 28.6 Å². The normalized spacial score (nSPS) is 12.1. The van der Waals surface area contributed by atoms with E-state index in [1.54, 1.807) is 0 Å². The summed E-state index contributed by atoms with van der Waals surface area (Å²) in [7, 11) is 0. The van der Waals surface area contributed by atoms with E-state index in [1.807, 2.05) is 0 Å². The number of unbranched alkanes of at least 4 members (excludes halogenated alkanes) is 29. The molecule has 0 aromatic carbocycles. The minimum Gasteiger partial charge on any atom is -0.462 e. The smallest absolute Gasteiger partial charge is 0.306 e. The highest BCUT2D eigenvalue weighted by Gasteiger charge is 2.19. The molecule has 0 aliphatic heterocycles. The van der Waals surface area contributed by atoms with Crippen molar-refractivity contribution in [3.05, 3.63) is 0 Å². The highest BCUT2D eigenvalue weighted by Crippen LogP contribution is 2.17. The summed E-state index contributed by atoms with van der Waals surface area (Å²) >= 11 is 0. The second-order valence-corrected chi connectivity index (χ2v) is 18.1. The summed E-state index contributed by atoms with van der Waals surface area (Å²) in [6.07, 6.45) is 42.4. The zero-order valence-electron chi connectivity index (χ0n) is 38.3. The number of hydrogen-bond donors (Lipinski definition) is 0. The lowest BCUT2D eigenvalue weighted by Gasteiger charge is -2.18. The lowest BCUT2D eigenvalue weighted by atomic mass is 10.0. The van der Waals surface area contributed by atoms with Gasteiger partial charge in [0.2, 0.25) is 0 Å². The number of carbonyl (C=O) groups is 3. The first kappa shape index (κ1) is 54.4. The van der Waals surface area contributed by atoms with Crippen LogP contribution in [0.25, 0.3) is 0 Å². The Bertz CT molecular complexity index is 854. The molecule has 0 fully saturated rings. The molecule has 0 aliphatic rings. The molecule has 0 saturated carbocycles. The van der Waals surface area contributed by atoms with Gasteiger partial charge in [-0.15, -0.1) is 0 Å². The van der Waals surface area contributed by atoms with Gasteiger partial charge in [-0.1, -0.05) is 234 Å². The second-order valence-electron chi connectivity index (χ2n) is 18.1. The molecule has 0 bridgehead atoms. The van der Waals surface area contributed by atoms with Crippen LogP contribution in [-0.4, -0.2) is 37.2 Å². The lowest BCUT2D eigenvalue weighted by molar-refractivity contribution is -0.167. The number of ether oxygens (including phenoxy) is 3. The minimum atomic E-state index is -0.761. The summed E-state index contributed by atoms with van der Waals surface area (Å²) in [5.74, 6) is 0.766. The molecular weight excluding hydrogens is 697 g/mol. The molecular formula is C50H96O6. The summed E-state index contributed by atoms with van der Waals surface area (Å²) in [6.45, 7) is 11.3. The molecule has 0 aliphatic carbocycles. The standard InChI is InChI=1S/C50H96O6/c1-6-7-8-9-10-11-12-17-20-25-30-35-40-48(51)54-43-47(44-55-49(52)41-36-31-27-22-24-29-34-39-46(4)5)56-50(53)42-37-32-26-21-18-15-13-14-16-19-23-28-33-38-45(2)3/h45-47H,6-44H2,1-5H3/t47-/m1/s1. The van der Waals surface area contributed by atoms with Crippen molar-refractivity contribution in [3.63, 3.8) is 0 Å². The zero-order valence-corrected chi connectivity index (χ0v) is 38.3. The van der Waals surface area contributed by atoms with Gasteiger partial charge in [-0.3, -0.25) is 14.4 Å². The van der Waals surface area contributed by atoms with E-state index in [0.29, 0.717) is 19.3 Å². The largest absolute Gasteiger partial charge is 0.462 e. The summed E-state index contributed by atoms with van der Waals surface area (Å²) in [6, 6.07) is 0. The number of esters is 3. The maximum atomic E-state index is 12.8. The van der Waals surface area contributed by atoms with Crippen LogP contribution in [0, 0.1) is 11.8 Å². The van der Waals surface area contributed by atoms with Gasteiger partial charge in [-0.05, 0) is 31.1 Å². The van der Waals surface area contributed by atoms with Crippen LogP contribution >= 0.6 is 0 Å². The van der Waals surface area contributed by atoms with Crippen LogP contribution in [0.3, 0.4) is 0 Å². The quantitative estimate of drug-likeness (QED) is 0.0347. The molecule has 0 saturated heterocycles. The Morgan fingerprint density at radius 1 is 0.339 bits per heavy atom. The molecule has 6 heteroatoms. The van der Waals surface area contributed by atoms with Crippen molar-refractivity contribution in [1.29, 1.82) is 0 Å². The predicted molar refractivity (Wildman–Crippen MR) is 238 cm³/mol. The van der Waals surface area contributed by atoms with Crippen LogP contribution in [0.2, 0.25) is 0 Å². The van der Waals surface area contributed by atoms with E-state index in [4.69, 9.17) is 14.2 Å². The van der Waals surface area contributed by atoms with Crippen LogP contribution in [-0.2, 0) is 28.6 Å². The van der Waals surface area contributed by atoms with Gasteiger partial charge in [0.1, 0.15) is 13.2 Å². The van der Waals surface area contributed by atoms with E-state index in [2.05, 4.69) is 34.6 Å². The van der Waals surface area contributed by atoms with Gasteiger partial charge in [-0.25, -0.2) is 0 Å². The molecule has 0 radical (unpaired) electrons. The van der Waals surface area contributed by atoms with Crippen LogP contribution in [0.5, 0.6) is 0 Å². The Morgan fingerprint density at radius 2 is 0.589 bits per heavy atom. The summed E-state index contributed by atoms with van der Waals surface area (Å²) in [4.78, 5) is 37.8. The van der Waals surface area contributed by atoms with Crippen molar-refractivity contribution in [3.8, 4) is 0 Å². The minimum absolute atomic E-state index is 0.0644. The summed E-state index contributed by atoms with van der Waals surface area (Å²) < 4.78 is 16.8. The third kappa shape index (κ3) is 43.5. The molecule has 0 amide bonds. The third-order valence-electron chi connectivity index (χ3n) is 11.2. The maximum absolute atomic E-state index is 12.8. The molecule has 0 spiro atoms. The van der Waals surface area contributed by atoms with Gasteiger partial charge in [-0.2, -0.15) is 0 Å². The van der Waals surface area contributed by atoms with Crippen LogP contribution in [0.1, 0.15) is 272 Å². The average Bonchev–Trinajstić information content (AvgIpc) is 3.16. The topological polar surface area (TPSA) is 78.9 Å². The fraction of sp³-hybridized carbons (Fsp3) is 0.940. The molecule has 0 aromatic heterocycles. The van der Waals surface area contributed by atoms with E-state index >= 15 is 0 Å². The molecule has 0 heterocycles. The predicted octanol–water partition coefficient (Wildman–Crippen LogP) is 15.8. The van der Waals surface area contributed by atoms with Crippen molar-refractivity contribution in [2.75, 3.05) is 13.2 Å². The van der Waals surface area contributed by atoms with Crippen molar-refractivity contribution >= 4 is 17.9 Å². The zero-order chi connectivity index (χ0) is 41.2. The number of rotatable bonds is 44.